The number of imide groups is 1. The zero-order chi connectivity index (χ0) is 30.7. The summed E-state index contributed by atoms with van der Waals surface area (Å²) >= 11 is 1.55. The van der Waals surface area contributed by atoms with Crippen LogP contribution in [0.15, 0.2) is 59.6 Å². The molecular weight excluding hydrogens is 564 g/mol. The van der Waals surface area contributed by atoms with Crippen LogP contribution in [0, 0.1) is 5.92 Å². The van der Waals surface area contributed by atoms with E-state index in [0.29, 0.717) is 17.7 Å². The molecule has 5 nitrogen and oxygen atoms in total. The number of rotatable bonds is 18. The van der Waals surface area contributed by atoms with Gasteiger partial charge in [0.2, 0.25) is 11.8 Å². The van der Waals surface area contributed by atoms with Gasteiger partial charge in [-0.1, -0.05) is 121 Å². The summed E-state index contributed by atoms with van der Waals surface area (Å²) in [7, 11) is 0. The molecule has 234 valence electrons. The quantitative estimate of drug-likeness (QED) is 0.106. The molecule has 44 heavy (non-hydrogen) atoms. The molecule has 5 rings (SSSR count). The Bertz CT molecular complexity index is 1430. The molecule has 3 aromatic rings. The molecule has 6 heteroatoms. The first-order chi connectivity index (χ1) is 21.6. The molecule has 1 aliphatic carbocycles. The van der Waals surface area contributed by atoms with E-state index in [1.807, 2.05) is 42.5 Å². The van der Waals surface area contributed by atoms with Crippen LogP contribution in [0.3, 0.4) is 0 Å². The minimum Gasteiger partial charge on any atom is -0.293 e. The highest BCUT2D eigenvalue weighted by Gasteiger charge is 2.40. The normalized spacial score (nSPS) is 18.1. The van der Waals surface area contributed by atoms with Gasteiger partial charge in [-0.3, -0.25) is 24.3 Å². The third kappa shape index (κ3) is 8.18. The Labute approximate surface area is 267 Å². The van der Waals surface area contributed by atoms with E-state index in [4.69, 9.17) is 0 Å². The summed E-state index contributed by atoms with van der Waals surface area (Å²) in [4.78, 5) is 46.6. The monoisotopic (exact) mass is 612 g/mol. The van der Waals surface area contributed by atoms with Crippen LogP contribution in [-0.2, 0) is 16.0 Å². The maximum absolute atomic E-state index is 13.5. The van der Waals surface area contributed by atoms with Crippen molar-refractivity contribution in [1.29, 1.82) is 0 Å². The number of pyridine rings is 1. The van der Waals surface area contributed by atoms with Gasteiger partial charge in [0.15, 0.2) is 5.78 Å². The zero-order valence-corrected chi connectivity index (χ0v) is 27.2. The highest BCUT2D eigenvalue weighted by molar-refractivity contribution is 8.01. The highest BCUT2D eigenvalue weighted by Crippen LogP contribution is 2.39. The molecule has 2 amide bonds. The van der Waals surface area contributed by atoms with Crippen molar-refractivity contribution in [1.82, 2.24) is 4.98 Å². The molecule has 2 heterocycles. The van der Waals surface area contributed by atoms with Crippen molar-refractivity contribution in [2.24, 2.45) is 5.92 Å². The van der Waals surface area contributed by atoms with Crippen LogP contribution in [0.2, 0.25) is 0 Å². The zero-order valence-electron chi connectivity index (χ0n) is 26.4. The lowest BCUT2D eigenvalue weighted by Crippen LogP contribution is -2.30. The van der Waals surface area contributed by atoms with Gasteiger partial charge >= 0.3 is 0 Å². The van der Waals surface area contributed by atoms with Crippen molar-refractivity contribution in [3.63, 3.8) is 0 Å². The Balaban J connectivity index is 1.04. The Morgan fingerprint density at radius 2 is 1.43 bits per heavy atom. The maximum atomic E-state index is 13.5. The lowest BCUT2D eigenvalue weighted by Gasteiger charge is -2.16. The number of aromatic nitrogens is 1. The second kappa shape index (κ2) is 16.4. The third-order valence-electron chi connectivity index (χ3n) is 9.33. The summed E-state index contributed by atoms with van der Waals surface area (Å²) in [6, 6.07) is 15.5. The smallest absolute Gasteiger partial charge is 0.237 e. The van der Waals surface area contributed by atoms with E-state index < -0.39 is 0 Å². The van der Waals surface area contributed by atoms with Crippen LogP contribution in [0.4, 0.5) is 5.69 Å². The molecule has 2 aliphatic rings. The number of unbranched alkanes of at least 4 members (excludes halogenated alkanes) is 13. The van der Waals surface area contributed by atoms with Crippen LogP contribution in [0.25, 0.3) is 10.9 Å². The molecule has 2 atom stereocenters. The summed E-state index contributed by atoms with van der Waals surface area (Å²) in [6.45, 7) is 2.27. The first-order valence-corrected chi connectivity index (χ1v) is 18.0. The van der Waals surface area contributed by atoms with E-state index in [2.05, 4.69) is 11.9 Å². The predicted octanol–water partition coefficient (Wildman–Crippen LogP) is 9.89. The summed E-state index contributed by atoms with van der Waals surface area (Å²) in [6.07, 6.45) is 21.7. The number of hydrogen-bond donors (Lipinski definition) is 0. The van der Waals surface area contributed by atoms with Crippen LogP contribution in [0.1, 0.15) is 126 Å². The van der Waals surface area contributed by atoms with Gasteiger partial charge in [-0.25, -0.2) is 0 Å². The van der Waals surface area contributed by atoms with Gasteiger partial charge in [0, 0.05) is 34.4 Å². The number of nitrogens with zero attached hydrogens (tertiary/aromatic N) is 2. The second-order valence-corrected chi connectivity index (χ2v) is 13.9. The van der Waals surface area contributed by atoms with Gasteiger partial charge < -0.3 is 0 Å². The highest BCUT2D eigenvalue weighted by atomic mass is 32.2. The number of para-hydroxylation sites is 1. The molecule has 0 radical (unpaired) electrons. The van der Waals surface area contributed by atoms with Crippen molar-refractivity contribution >= 4 is 45.9 Å². The topological polar surface area (TPSA) is 67.3 Å². The molecule has 2 aromatic carbocycles. The van der Waals surface area contributed by atoms with Gasteiger partial charge in [-0.05, 0) is 42.7 Å². The fourth-order valence-electron chi connectivity index (χ4n) is 6.77. The molecule has 1 fully saturated rings. The molecule has 0 saturated carbocycles. The molecular formula is C38H48N2O3S. The molecule has 0 unspecified atom stereocenters. The largest absolute Gasteiger partial charge is 0.293 e. The van der Waals surface area contributed by atoms with Crippen LogP contribution in [0.5, 0.6) is 0 Å². The molecule has 0 bridgehead atoms. The number of amides is 2. The molecule has 0 spiro atoms. The first kappa shape index (κ1) is 32.4. The average molecular weight is 613 g/mol. The summed E-state index contributed by atoms with van der Waals surface area (Å²) in [5.74, 6) is -0.449. The number of anilines is 1. The number of benzene rings is 2. The lowest BCUT2D eigenvalue weighted by atomic mass is 9.98. The third-order valence-corrected chi connectivity index (χ3v) is 10.6. The number of Topliss-reactive ketones (excluding diaryl/α,β-unsaturated/α-hetero) is 1. The first-order valence-electron chi connectivity index (χ1n) is 17.1. The fourth-order valence-corrected chi connectivity index (χ4v) is 8.02. The Kier molecular flexibility index (Phi) is 12.0. The number of fused-ring (bicyclic) bond motifs is 2. The fraction of sp³-hybridized carbons (Fsp3) is 0.526. The van der Waals surface area contributed by atoms with Crippen molar-refractivity contribution in [2.75, 3.05) is 4.90 Å². The van der Waals surface area contributed by atoms with E-state index in [0.717, 1.165) is 40.6 Å². The second-order valence-electron chi connectivity index (χ2n) is 12.7. The van der Waals surface area contributed by atoms with Crippen LogP contribution >= 0.6 is 11.8 Å². The average Bonchev–Trinajstić information content (AvgIpc) is 3.50. The van der Waals surface area contributed by atoms with Crippen LogP contribution in [-0.4, -0.2) is 27.8 Å². The van der Waals surface area contributed by atoms with Gasteiger partial charge in [0.05, 0.1) is 16.5 Å². The Morgan fingerprint density at radius 1 is 0.773 bits per heavy atom. The molecule has 1 aromatic heterocycles. The summed E-state index contributed by atoms with van der Waals surface area (Å²) in [5.41, 5.74) is 3.04. The van der Waals surface area contributed by atoms with Crippen molar-refractivity contribution in [2.45, 2.75) is 126 Å². The predicted molar refractivity (Wildman–Crippen MR) is 181 cm³/mol. The van der Waals surface area contributed by atoms with Crippen LogP contribution < -0.4 is 4.90 Å². The SMILES string of the molecule is CCCCCCCCCCCCCCCC[C@H]1CC(=O)N(c2ccc3c(c2)C(=O)[C@H](Sc2cccc4cccnc24)C3)C1=O. The number of ketones is 1. The van der Waals surface area contributed by atoms with Crippen molar-refractivity contribution in [3.05, 3.63) is 65.9 Å². The Morgan fingerprint density at radius 3 is 2.14 bits per heavy atom. The van der Waals surface area contributed by atoms with Crippen molar-refractivity contribution in [3.8, 4) is 0 Å². The van der Waals surface area contributed by atoms with E-state index in [9.17, 15) is 14.4 Å². The Hall–Kier alpha value is -2.99. The van der Waals surface area contributed by atoms with E-state index in [1.54, 1.807) is 24.0 Å². The molecule has 1 saturated heterocycles. The number of thioether (sulfide) groups is 1. The van der Waals surface area contributed by atoms with E-state index >= 15 is 0 Å². The standard InChI is InChI=1S/C38H48N2O3S/c1-2-3-4-5-6-7-8-9-10-11-12-13-14-15-18-30-26-35(41)40(38(30)43)31-23-22-29-25-34(37(42)32(29)27-31)44-33-21-16-19-28-20-17-24-39-36(28)33/h16-17,19-24,27,30,34H,2-15,18,25-26H2,1H3/t30-,34+/m0/s1. The summed E-state index contributed by atoms with van der Waals surface area (Å²) in [5, 5.41) is 0.809. The van der Waals surface area contributed by atoms with Gasteiger partial charge in [-0.15, -0.1) is 11.8 Å². The molecule has 0 N–H and O–H groups in total. The van der Waals surface area contributed by atoms with Crippen molar-refractivity contribution < 1.29 is 14.4 Å². The van der Waals surface area contributed by atoms with Gasteiger partial charge in [0.1, 0.15) is 0 Å². The van der Waals surface area contributed by atoms with E-state index in [-0.39, 0.29) is 35.2 Å². The minimum absolute atomic E-state index is 0.0536. The number of carbonyl (C=O) groups is 3. The minimum atomic E-state index is -0.245. The lowest BCUT2D eigenvalue weighted by molar-refractivity contribution is -0.122. The number of carbonyl (C=O) groups excluding carboxylic acids is 3. The van der Waals surface area contributed by atoms with E-state index in [1.165, 1.54) is 81.9 Å². The van der Waals surface area contributed by atoms with Gasteiger partial charge in [-0.2, -0.15) is 0 Å². The summed E-state index contributed by atoms with van der Waals surface area (Å²) < 4.78 is 0. The van der Waals surface area contributed by atoms with Gasteiger partial charge in [0.25, 0.3) is 0 Å². The molecule has 1 aliphatic heterocycles. The maximum Gasteiger partial charge on any atom is 0.237 e. The number of hydrogen-bond acceptors (Lipinski definition) is 5.